The molecule has 0 aromatic heterocycles. The minimum Gasteiger partial charge on any atom is -0.394 e. The molecule has 0 bridgehead atoms. The van der Waals surface area contributed by atoms with Crippen molar-refractivity contribution in [1.82, 2.24) is 5.32 Å². The third-order valence-corrected chi connectivity index (χ3v) is 4.28. The van der Waals surface area contributed by atoms with Crippen molar-refractivity contribution in [3.8, 4) is 0 Å². The second-order valence-electron chi connectivity index (χ2n) is 5.37. The zero-order valence-corrected chi connectivity index (χ0v) is 11.5. The van der Waals surface area contributed by atoms with Gasteiger partial charge < -0.3 is 15.2 Å². The topological polar surface area (TPSA) is 41.5 Å². The lowest BCUT2D eigenvalue weighted by Crippen LogP contribution is -2.46. The molecular formula is C14H29NO2. The second-order valence-corrected chi connectivity index (χ2v) is 5.37. The summed E-state index contributed by atoms with van der Waals surface area (Å²) in [6.45, 7) is 4.10. The van der Waals surface area contributed by atoms with Gasteiger partial charge >= 0.3 is 0 Å². The Kier molecular flexibility index (Phi) is 7.09. The van der Waals surface area contributed by atoms with E-state index >= 15 is 0 Å². The minimum absolute atomic E-state index is 0.100. The molecule has 1 rings (SSSR count). The second kappa shape index (κ2) is 8.06. The van der Waals surface area contributed by atoms with Crippen molar-refractivity contribution in [2.45, 2.75) is 57.4 Å². The quantitative estimate of drug-likeness (QED) is 0.611. The first-order valence-electron chi connectivity index (χ1n) is 7.14. The fraction of sp³-hybridized carbons (Fsp3) is 1.00. The SMILES string of the molecule is CCC(CO)(CCCOCC1CCCC1)NC. The first-order chi connectivity index (χ1) is 8.26. The minimum atomic E-state index is -0.100. The van der Waals surface area contributed by atoms with Gasteiger partial charge in [-0.05, 0) is 45.1 Å². The van der Waals surface area contributed by atoms with E-state index in [1.54, 1.807) is 0 Å². The van der Waals surface area contributed by atoms with Crippen molar-refractivity contribution >= 4 is 0 Å². The average molecular weight is 243 g/mol. The van der Waals surface area contributed by atoms with Crippen LogP contribution in [0.2, 0.25) is 0 Å². The van der Waals surface area contributed by atoms with Crippen molar-refractivity contribution < 1.29 is 9.84 Å². The van der Waals surface area contributed by atoms with Gasteiger partial charge in [0.2, 0.25) is 0 Å². The van der Waals surface area contributed by atoms with Gasteiger partial charge in [0.25, 0.3) is 0 Å². The van der Waals surface area contributed by atoms with E-state index < -0.39 is 0 Å². The van der Waals surface area contributed by atoms with Gasteiger partial charge in [0.1, 0.15) is 0 Å². The lowest BCUT2D eigenvalue weighted by Gasteiger charge is -2.30. The molecule has 3 nitrogen and oxygen atoms in total. The molecule has 0 radical (unpaired) electrons. The molecule has 0 amide bonds. The van der Waals surface area contributed by atoms with Crippen molar-refractivity contribution in [3.63, 3.8) is 0 Å². The van der Waals surface area contributed by atoms with Crippen molar-refractivity contribution in [2.75, 3.05) is 26.9 Å². The zero-order valence-electron chi connectivity index (χ0n) is 11.5. The first kappa shape index (κ1) is 14.9. The van der Waals surface area contributed by atoms with Crippen molar-refractivity contribution in [1.29, 1.82) is 0 Å². The fourth-order valence-corrected chi connectivity index (χ4v) is 2.69. The van der Waals surface area contributed by atoms with E-state index in [2.05, 4.69) is 12.2 Å². The van der Waals surface area contributed by atoms with E-state index in [-0.39, 0.29) is 12.1 Å². The normalized spacial score (nSPS) is 20.6. The van der Waals surface area contributed by atoms with Gasteiger partial charge in [-0.15, -0.1) is 0 Å². The Morgan fingerprint density at radius 3 is 2.59 bits per heavy atom. The maximum Gasteiger partial charge on any atom is 0.0613 e. The van der Waals surface area contributed by atoms with Crippen LogP contribution in [0.5, 0.6) is 0 Å². The Hall–Kier alpha value is -0.120. The van der Waals surface area contributed by atoms with Gasteiger partial charge in [-0.25, -0.2) is 0 Å². The predicted molar refractivity (Wildman–Crippen MR) is 71.2 cm³/mol. The van der Waals surface area contributed by atoms with E-state index in [1.165, 1.54) is 25.7 Å². The number of hydrogen-bond donors (Lipinski definition) is 2. The third-order valence-electron chi connectivity index (χ3n) is 4.28. The molecule has 2 N–H and O–H groups in total. The number of rotatable bonds is 9. The Morgan fingerprint density at radius 2 is 2.06 bits per heavy atom. The molecule has 1 atom stereocenters. The summed E-state index contributed by atoms with van der Waals surface area (Å²) in [7, 11) is 1.93. The molecule has 0 heterocycles. The molecule has 1 aliphatic carbocycles. The molecule has 0 aromatic carbocycles. The third kappa shape index (κ3) is 4.94. The molecule has 3 heteroatoms. The molecule has 102 valence electrons. The largest absolute Gasteiger partial charge is 0.394 e. The number of likely N-dealkylation sites (N-methyl/N-ethyl adjacent to an activating group) is 1. The van der Waals surface area contributed by atoms with Crippen molar-refractivity contribution in [3.05, 3.63) is 0 Å². The Morgan fingerprint density at radius 1 is 1.35 bits per heavy atom. The van der Waals surface area contributed by atoms with Crippen LogP contribution in [0.15, 0.2) is 0 Å². The smallest absolute Gasteiger partial charge is 0.0613 e. The van der Waals surface area contributed by atoms with Crippen LogP contribution < -0.4 is 5.32 Å². The molecule has 1 aliphatic rings. The van der Waals surface area contributed by atoms with Crippen LogP contribution >= 0.6 is 0 Å². The highest BCUT2D eigenvalue weighted by molar-refractivity contribution is 4.84. The van der Waals surface area contributed by atoms with Crippen LogP contribution in [0.25, 0.3) is 0 Å². The summed E-state index contributed by atoms with van der Waals surface area (Å²) in [6.07, 6.45) is 8.46. The molecule has 1 fully saturated rings. The van der Waals surface area contributed by atoms with Crippen LogP contribution in [0, 0.1) is 5.92 Å². The summed E-state index contributed by atoms with van der Waals surface area (Å²) < 4.78 is 5.74. The highest BCUT2D eigenvalue weighted by Gasteiger charge is 2.24. The highest BCUT2D eigenvalue weighted by Crippen LogP contribution is 2.24. The Balaban J connectivity index is 2.05. The summed E-state index contributed by atoms with van der Waals surface area (Å²) in [4.78, 5) is 0. The Bertz CT molecular complexity index is 178. The van der Waals surface area contributed by atoms with E-state index in [0.29, 0.717) is 0 Å². The summed E-state index contributed by atoms with van der Waals surface area (Å²) in [6, 6.07) is 0. The van der Waals surface area contributed by atoms with E-state index in [0.717, 1.165) is 38.4 Å². The maximum absolute atomic E-state index is 9.40. The van der Waals surface area contributed by atoms with Gasteiger partial charge in [0.05, 0.1) is 6.61 Å². The first-order valence-corrected chi connectivity index (χ1v) is 7.14. The van der Waals surface area contributed by atoms with Crippen LogP contribution in [-0.4, -0.2) is 37.5 Å². The van der Waals surface area contributed by atoms with E-state index in [1.807, 2.05) is 7.05 Å². The lowest BCUT2D eigenvalue weighted by atomic mass is 9.92. The summed E-state index contributed by atoms with van der Waals surface area (Å²) >= 11 is 0. The molecule has 0 aliphatic heterocycles. The van der Waals surface area contributed by atoms with Gasteiger partial charge in [0.15, 0.2) is 0 Å². The zero-order chi connectivity index (χ0) is 12.6. The van der Waals surface area contributed by atoms with Gasteiger partial charge in [0, 0.05) is 18.8 Å². The molecule has 17 heavy (non-hydrogen) atoms. The highest BCUT2D eigenvalue weighted by atomic mass is 16.5. The summed E-state index contributed by atoms with van der Waals surface area (Å²) in [5, 5.41) is 12.6. The van der Waals surface area contributed by atoms with Crippen LogP contribution in [0.4, 0.5) is 0 Å². The maximum atomic E-state index is 9.40. The van der Waals surface area contributed by atoms with Gasteiger partial charge in [-0.2, -0.15) is 0 Å². The molecular weight excluding hydrogens is 214 g/mol. The Labute approximate surface area is 106 Å². The number of aliphatic hydroxyl groups excluding tert-OH is 1. The standard InChI is InChI=1S/C14H29NO2/c1-3-14(12-16,15-2)9-6-10-17-11-13-7-4-5-8-13/h13,15-16H,3-12H2,1-2H3. The lowest BCUT2D eigenvalue weighted by molar-refractivity contribution is 0.0841. The average Bonchev–Trinajstić information content (AvgIpc) is 2.88. The summed E-state index contributed by atoms with van der Waals surface area (Å²) in [5.74, 6) is 0.813. The number of nitrogens with one attached hydrogen (secondary N) is 1. The van der Waals surface area contributed by atoms with E-state index in [9.17, 15) is 5.11 Å². The van der Waals surface area contributed by atoms with Crippen LogP contribution in [-0.2, 0) is 4.74 Å². The van der Waals surface area contributed by atoms with Crippen LogP contribution in [0.3, 0.4) is 0 Å². The fourth-order valence-electron chi connectivity index (χ4n) is 2.69. The molecule has 1 saturated carbocycles. The predicted octanol–water partition coefficient (Wildman–Crippen LogP) is 2.33. The van der Waals surface area contributed by atoms with Crippen LogP contribution in [0.1, 0.15) is 51.9 Å². The monoisotopic (exact) mass is 243 g/mol. The van der Waals surface area contributed by atoms with Gasteiger partial charge in [-0.3, -0.25) is 0 Å². The molecule has 0 saturated heterocycles. The number of hydrogen-bond acceptors (Lipinski definition) is 3. The molecule has 0 spiro atoms. The van der Waals surface area contributed by atoms with Gasteiger partial charge in [-0.1, -0.05) is 19.8 Å². The molecule has 0 aromatic rings. The van der Waals surface area contributed by atoms with E-state index in [4.69, 9.17) is 4.74 Å². The van der Waals surface area contributed by atoms with Crippen molar-refractivity contribution in [2.24, 2.45) is 5.92 Å². The number of ether oxygens (including phenoxy) is 1. The summed E-state index contributed by atoms with van der Waals surface area (Å²) in [5.41, 5.74) is -0.100. The molecule has 1 unspecified atom stereocenters. The number of aliphatic hydroxyl groups is 1.